The number of Topliss-reactive ketones (excluding diaryl/α,β-unsaturated/α-hetero) is 1. The minimum absolute atomic E-state index is 0.331. The number of ketones is 1. The summed E-state index contributed by atoms with van der Waals surface area (Å²) < 4.78 is 0. The van der Waals surface area contributed by atoms with Crippen molar-refractivity contribution < 1.29 is 14.7 Å². The number of hydrogen-bond acceptors (Lipinski definition) is 3. The number of rotatable bonds is 6. The van der Waals surface area contributed by atoms with Crippen molar-refractivity contribution in [1.82, 2.24) is 0 Å². The van der Waals surface area contributed by atoms with Gasteiger partial charge in [0, 0.05) is 18.8 Å². The highest BCUT2D eigenvalue weighted by Gasteiger charge is 2.58. The molecule has 0 spiro atoms. The fourth-order valence-corrected chi connectivity index (χ4v) is 8.34. The van der Waals surface area contributed by atoms with E-state index in [0.717, 1.165) is 56.8 Å². The third-order valence-corrected chi connectivity index (χ3v) is 10.4. The van der Waals surface area contributed by atoms with Gasteiger partial charge in [0.2, 0.25) is 0 Å². The number of aliphatic carboxylic acids is 1. The Bertz CT molecular complexity index is 724. The fraction of sp³-hybridized carbons (Fsp3) is 0.852. The number of carbonyl (C=O) groups excluding carboxylic acids is 2. The smallest absolute Gasteiger partial charge is 0.133 e. The summed E-state index contributed by atoms with van der Waals surface area (Å²) in [4.78, 5) is 23.1. The highest BCUT2D eigenvalue weighted by molar-refractivity contribution is 5.79. The topological polar surface area (TPSA) is 57.2 Å². The second-order valence-electron chi connectivity index (χ2n) is 11.8. The predicted octanol–water partition coefficient (Wildman–Crippen LogP) is 5.33. The van der Waals surface area contributed by atoms with Crippen LogP contribution in [0.3, 0.4) is 0 Å². The van der Waals surface area contributed by atoms with E-state index >= 15 is 0 Å². The second kappa shape index (κ2) is 8.10. The molecule has 4 rings (SSSR count). The van der Waals surface area contributed by atoms with Crippen LogP contribution in [0.25, 0.3) is 0 Å². The molecule has 0 bridgehead atoms. The van der Waals surface area contributed by atoms with Gasteiger partial charge in [0.25, 0.3) is 0 Å². The van der Waals surface area contributed by atoms with E-state index in [0.29, 0.717) is 34.4 Å². The van der Waals surface area contributed by atoms with Gasteiger partial charge < -0.3 is 9.90 Å². The van der Waals surface area contributed by atoms with Crippen molar-refractivity contribution >= 4 is 11.8 Å². The van der Waals surface area contributed by atoms with E-state index in [1.165, 1.54) is 25.7 Å². The number of carboxylic acid groups (broad SMARTS) is 1. The number of allylic oxidation sites excluding steroid dienone is 2. The molecule has 4 aliphatic rings. The van der Waals surface area contributed by atoms with Crippen LogP contribution in [-0.4, -0.2) is 11.8 Å². The number of carbonyl (C=O) groups is 2. The van der Waals surface area contributed by atoms with Crippen LogP contribution in [0.5, 0.6) is 0 Å². The molecule has 0 radical (unpaired) electrons. The summed E-state index contributed by atoms with van der Waals surface area (Å²) in [6, 6.07) is 0. The van der Waals surface area contributed by atoms with E-state index in [1.807, 2.05) is 0 Å². The molecule has 0 aromatic heterocycles. The monoisotopic (exact) mass is 413 g/mol. The minimum atomic E-state index is -0.908. The molecule has 168 valence electrons. The van der Waals surface area contributed by atoms with Crippen LogP contribution in [0.2, 0.25) is 0 Å². The van der Waals surface area contributed by atoms with Gasteiger partial charge in [-0.15, -0.1) is 0 Å². The van der Waals surface area contributed by atoms with E-state index in [4.69, 9.17) is 0 Å². The van der Waals surface area contributed by atoms with Gasteiger partial charge in [-0.3, -0.25) is 4.79 Å². The van der Waals surface area contributed by atoms with E-state index in [1.54, 1.807) is 12.5 Å². The van der Waals surface area contributed by atoms with Crippen LogP contribution >= 0.6 is 0 Å². The second-order valence-corrected chi connectivity index (χ2v) is 11.8. The maximum absolute atomic E-state index is 12.1. The van der Waals surface area contributed by atoms with Gasteiger partial charge in [0.1, 0.15) is 5.78 Å². The molecule has 4 aliphatic carbocycles. The molecule has 0 N–H and O–H groups in total. The predicted molar refractivity (Wildman–Crippen MR) is 117 cm³/mol. The molecule has 3 fully saturated rings. The molecule has 0 amide bonds. The molecule has 0 aliphatic heterocycles. The molecule has 0 saturated heterocycles. The molecule has 0 heterocycles. The SMILES string of the molecule is C[C@H](CCC[C@H](C)C(=O)[O-])[C@H]1CC[C@H]2C3=CC[C@H]4CC(=O)CC[C@]4(C)[C@H]3CC[C@]12C. The molecule has 0 unspecified atom stereocenters. The van der Waals surface area contributed by atoms with Gasteiger partial charge in [0.15, 0.2) is 0 Å². The van der Waals surface area contributed by atoms with Crippen molar-refractivity contribution in [2.45, 2.75) is 98.3 Å². The molecule has 8 atom stereocenters. The van der Waals surface area contributed by atoms with Crippen LogP contribution in [0.4, 0.5) is 0 Å². The van der Waals surface area contributed by atoms with Crippen molar-refractivity contribution in [1.29, 1.82) is 0 Å². The first-order valence-corrected chi connectivity index (χ1v) is 12.6. The first-order valence-electron chi connectivity index (χ1n) is 12.6. The van der Waals surface area contributed by atoms with Gasteiger partial charge >= 0.3 is 0 Å². The highest BCUT2D eigenvalue weighted by Crippen LogP contribution is 2.66. The third-order valence-electron chi connectivity index (χ3n) is 10.4. The standard InChI is InChI=1S/C27H42O3/c1-17(6-5-7-18(2)25(29)30)22-10-11-23-21-9-8-19-16-20(28)12-14-26(19,3)24(21)13-15-27(22,23)4/h9,17-19,22-24H,5-8,10-16H2,1-4H3,(H,29,30)/p-1/t17-,18+,19+,22-,23+,24+,26+,27-/m1/s1. The number of hydrogen-bond donors (Lipinski definition) is 0. The van der Waals surface area contributed by atoms with Crippen molar-refractivity contribution in [3.63, 3.8) is 0 Å². The third kappa shape index (κ3) is 3.58. The summed E-state index contributed by atoms with van der Waals surface area (Å²) in [5.74, 6) is 2.64. The first kappa shape index (κ1) is 22.1. The summed E-state index contributed by atoms with van der Waals surface area (Å²) in [5.41, 5.74) is 2.50. The van der Waals surface area contributed by atoms with Crippen LogP contribution in [-0.2, 0) is 9.59 Å². The maximum atomic E-state index is 12.1. The Labute approximate surface area is 183 Å². The zero-order valence-electron chi connectivity index (χ0n) is 19.5. The summed E-state index contributed by atoms with van der Waals surface area (Å²) in [6.45, 7) is 9.24. The zero-order chi connectivity index (χ0) is 21.7. The summed E-state index contributed by atoms with van der Waals surface area (Å²) >= 11 is 0. The zero-order valence-corrected chi connectivity index (χ0v) is 19.5. The fourth-order valence-electron chi connectivity index (χ4n) is 8.34. The molecular weight excluding hydrogens is 372 g/mol. The van der Waals surface area contributed by atoms with Crippen LogP contribution < -0.4 is 5.11 Å². The lowest BCUT2D eigenvalue weighted by Crippen LogP contribution is -2.49. The van der Waals surface area contributed by atoms with Crippen LogP contribution in [0, 0.1) is 46.3 Å². The average Bonchev–Trinajstić information content (AvgIpc) is 3.05. The van der Waals surface area contributed by atoms with Crippen molar-refractivity contribution in [3.05, 3.63) is 11.6 Å². The largest absolute Gasteiger partial charge is 0.550 e. The maximum Gasteiger partial charge on any atom is 0.133 e. The van der Waals surface area contributed by atoms with Crippen molar-refractivity contribution in [2.24, 2.45) is 46.3 Å². The molecular formula is C27H41O3-. The van der Waals surface area contributed by atoms with E-state index in [2.05, 4.69) is 26.8 Å². The molecule has 0 aromatic rings. The minimum Gasteiger partial charge on any atom is -0.550 e. The Kier molecular flexibility index (Phi) is 5.96. The Balaban J connectivity index is 1.46. The van der Waals surface area contributed by atoms with Gasteiger partial charge in [-0.2, -0.15) is 0 Å². The lowest BCUT2D eigenvalue weighted by molar-refractivity contribution is -0.311. The Morgan fingerprint density at radius 2 is 1.83 bits per heavy atom. The summed E-state index contributed by atoms with van der Waals surface area (Å²) in [7, 11) is 0. The molecule has 3 heteroatoms. The average molecular weight is 414 g/mol. The highest BCUT2D eigenvalue weighted by atomic mass is 16.4. The van der Waals surface area contributed by atoms with Crippen molar-refractivity contribution in [3.8, 4) is 0 Å². The van der Waals surface area contributed by atoms with E-state index in [-0.39, 0.29) is 5.92 Å². The molecule has 30 heavy (non-hydrogen) atoms. The van der Waals surface area contributed by atoms with Crippen LogP contribution in [0.1, 0.15) is 98.3 Å². The van der Waals surface area contributed by atoms with Crippen LogP contribution in [0.15, 0.2) is 11.6 Å². The van der Waals surface area contributed by atoms with Gasteiger partial charge in [-0.25, -0.2) is 0 Å². The first-order chi connectivity index (χ1) is 14.2. The number of fused-ring (bicyclic) bond motifs is 5. The number of carboxylic acids is 1. The normalized spacial score (nSPS) is 42.5. The van der Waals surface area contributed by atoms with Gasteiger partial charge in [-0.05, 0) is 91.3 Å². The summed E-state index contributed by atoms with van der Waals surface area (Å²) in [5, 5.41) is 11.0. The Morgan fingerprint density at radius 1 is 1.10 bits per heavy atom. The van der Waals surface area contributed by atoms with E-state index < -0.39 is 5.97 Å². The van der Waals surface area contributed by atoms with E-state index in [9.17, 15) is 14.7 Å². The van der Waals surface area contributed by atoms with Gasteiger partial charge in [0.05, 0.1) is 0 Å². The quantitative estimate of drug-likeness (QED) is 0.553. The lowest BCUT2D eigenvalue weighted by atomic mass is 9.47. The van der Waals surface area contributed by atoms with Crippen molar-refractivity contribution in [2.75, 3.05) is 0 Å². The Hall–Kier alpha value is -1.12. The molecule has 0 aromatic carbocycles. The van der Waals surface area contributed by atoms with Gasteiger partial charge in [-0.1, -0.05) is 52.2 Å². The lowest BCUT2D eigenvalue weighted by Gasteiger charge is -2.57. The molecule has 3 saturated carbocycles. The summed E-state index contributed by atoms with van der Waals surface area (Å²) in [6.07, 6.45) is 14.5. The Morgan fingerprint density at radius 3 is 2.57 bits per heavy atom. The molecule has 3 nitrogen and oxygen atoms in total.